The molecular formula is C13H19NO4. The Labute approximate surface area is 107 Å². The standard InChI is InChI=1S/C13H19NO4/c1-11(2)9(8-6-17-12(3,4)18-8)13(11,7-14)10(15)16-5/h8-9H,6H2,1-5H3/t8-,9-,13-/m1/s1. The zero-order chi connectivity index (χ0) is 13.8. The van der Waals surface area contributed by atoms with E-state index in [0.717, 1.165) is 0 Å². The summed E-state index contributed by atoms with van der Waals surface area (Å²) in [5.41, 5.74) is -1.57. The molecule has 1 aliphatic carbocycles. The van der Waals surface area contributed by atoms with Gasteiger partial charge in [-0.05, 0) is 13.8 Å². The van der Waals surface area contributed by atoms with Gasteiger partial charge in [0, 0.05) is 11.3 Å². The highest BCUT2D eigenvalue weighted by atomic mass is 16.7. The summed E-state index contributed by atoms with van der Waals surface area (Å²) >= 11 is 0. The molecule has 0 amide bonds. The molecule has 0 aromatic carbocycles. The number of carbonyl (C=O) groups is 1. The predicted molar refractivity (Wildman–Crippen MR) is 62.2 cm³/mol. The van der Waals surface area contributed by atoms with Gasteiger partial charge in [0.05, 0.1) is 25.9 Å². The Morgan fingerprint density at radius 1 is 1.39 bits per heavy atom. The molecule has 2 rings (SSSR count). The van der Waals surface area contributed by atoms with Gasteiger partial charge in [-0.15, -0.1) is 0 Å². The molecule has 100 valence electrons. The minimum atomic E-state index is -1.11. The van der Waals surface area contributed by atoms with Crippen LogP contribution in [0.5, 0.6) is 0 Å². The van der Waals surface area contributed by atoms with Crippen molar-refractivity contribution in [3.63, 3.8) is 0 Å². The van der Waals surface area contributed by atoms with Gasteiger partial charge in [0.2, 0.25) is 0 Å². The molecule has 0 spiro atoms. The molecule has 1 heterocycles. The molecule has 2 fully saturated rings. The van der Waals surface area contributed by atoms with E-state index in [1.165, 1.54) is 7.11 Å². The topological polar surface area (TPSA) is 68.6 Å². The lowest BCUT2D eigenvalue weighted by Crippen LogP contribution is -2.27. The number of hydrogen-bond acceptors (Lipinski definition) is 5. The fraction of sp³-hybridized carbons (Fsp3) is 0.846. The quantitative estimate of drug-likeness (QED) is 0.697. The van der Waals surface area contributed by atoms with E-state index in [1.54, 1.807) is 0 Å². The van der Waals surface area contributed by atoms with E-state index in [9.17, 15) is 10.1 Å². The third-order valence-corrected chi connectivity index (χ3v) is 4.26. The van der Waals surface area contributed by atoms with Crippen molar-refractivity contribution in [2.24, 2.45) is 16.7 Å². The predicted octanol–water partition coefficient (Wildman–Crippen LogP) is 1.48. The molecule has 5 heteroatoms. The highest BCUT2D eigenvalue weighted by Crippen LogP contribution is 2.71. The smallest absolute Gasteiger partial charge is 0.327 e. The first-order valence-electron chi connectivity index (χ1n) is 6.04. The number of ether oxygens (including phenoxy) is 3. The molecule has 0 bridgehead atoms. The lowest BCUT2D eigenvalue weighted by atomic mass is 9.98. The summed E-state index contributed by atoms with van der Waals surface area (Å²) < 4.78 is 16.1. The van der Waals surface area contributed by atoms with Gasteiger partial charge in [0.1, 0.15) is 0 Å². The van der Waals surface area contributed by atoms with Gasteiger partial charge in [-0.25, -0.2) is 0 Å². The first kappa shape index (κ1) is 13.3. The SMILES string of the molecule is COC(=O)[C@@]1(C#N)[C@H]([C@H]2COC(C)(C)O2)C1(C)C. The summed E-state index contributed by atoms with van der Waals surface area (Å²) in [6.45, 7) is 7.85. The Bertz CT molecular complexity index is 423. The summed E-state index contributed by atoms with van der Waals surface area (Å²) in [4.78, 5) is 11.9. The first-order valence-corrected chi connectivity index (χ1v) is 6.04. The van der Waals surface area contributed by atoms with Gasteiger partial charge in [0.25, 0.3) is 0 Å². The fourth-order valence-corrected chi connectivity index (χ4v) is 3.24. The van der Waals surface area contributed by atoms with Gasteiger partial charge >= 0.3 is 5.97 Å². The van der Waals surface area contributed by atoms with Gasteiger partial charge in [0.15, 0.2) is 11.2 Å². The van der Waals surface area contributed by atoms with Crippen LogP contribution in [0.3, 0.4) is 0 Å². The Balaban J connectivity index is 2.26. The summed E-state index contributed by atoms with van der Waals surface area (Å²) in [7, 11) is 1.31. The highest BCUT2D eigenvalue weighted by Gasteiger charge is 2.80. The largest absolute Gasteiger partial charge is 0.468 e. The Hall–Kier alpha value is -1.12. The summed E-state index contributed by atoms with van der Waals surface area (Å²) in [6, 6.07) is 2.14. The second-order valence-electron chi connectivity index (χ2n) is 5.98. The number of hydrogen-bond donors (Lipinski definition) is 0. The van der Waals surface area contributed by atoms with Gasteiger partial charge < -0.3 is 14.2 Å². The van der Waals surface area contributed by atoms with Crippen LogP contribution in [0, 0.1) is 28.1 Å². The number of nitrogens with zero attached hydrogens (tertiary/aromatic N) is 1. The Morgan fingerprint density at radius 2 is 2.00 bits per heavy atom. The van der Waals surface area contributed by atoms with Crippen LogP contribution in [0.25, 0.3) is 0 Å². The van der Waals surface area contributed by atoms with Crippen LogP contribution in [0.1, 0.15) is 27.7 Å². The normalized spacial score (nSPS) is 40.0. The van der Waals surface area contributed by atoms with Crippen LogP contribution in [-0.2, 0) is 19.0 Å². The van der Waals surface area contributed by atoms with E-state index in [0.29, 0.717) is 6.61 Å². The molecule has 5 nitrogen and oxygen atoms in total. The minimum Gasteiger partial charge on any atom is -0.468 e. The van der Waals surface area contributed by atoms with Crippen LogP contribution < -0.4 is 0 Å². The van der Waals surface area contributed by atoms with Crippen molar-refractivity contribution < 1.29 is 19.0 Å². The lowest BCUT2D eigenvalue weighted by molar-refractivity contribution is -0.150. The Kier molecular flexibility index (Phi) is 2.73. The van der Waals surface area contributed by atoms with E-state index in [-0.39, 0.29) is 12.0 Å². The zero-order valence-electron chi connectivity index (χ0n) is 11.4. The fourth-order valence-electron chi connectivity index (χ4n) is 3.24. The number of methoxy groups -OCH3 is 1. The molecular weight excluding hydrogens is 234 g/mol. The van der Waals surface area contributed by atoms with E-state index < -0.39 is 22.6 Å². The molecule has 18 heavy (non-hydrogen) atoms. The average molecular weight is 253 g/mol. The molecule has 0 aromatic heterocycles. The number of esters is 1. The first-order chi connectivity index (χ1) is 8.23. The molecule has 0 radical (unpaired) electrons. The monoisotopic (exact) mass is 253 g/mol. The van der Waals surface area contributed by atoms with Crippen LogP contribution >= 0.6 is 0 Å². The second-order valence-corrected chi connectivity index (χ2v) is 5.98. The second kappa shape index (κ2) is 3.69. The van der Waals surface area contributed by atoms with Gasteiger partial charge in [-0.3, -0.25) is 4.79 Å². The zero-order valence-corrected chi connectivity index (χ0v) is 11.4. The molecule has 0 unspecified atom stereocenters. The third-order valence-electron chi connectivity index (χ3n) is 4.26. The maximum atomic E-state index is 11.9. The molecule has 1 saturated heterocycles. The van der Waals surface area contributed by atoms with Crippen molar-refractivity contribution >= 4 is 5.97 Å². The van der Waals surface area contributed by atoms with Crippen LogP contribution in [0.2, 0.25) is 0 Å². The Morgan fingerprint density at radius 3 is 2.39 bits per heavy atom. The summed E-state index contributed by atoms with van der Waals surface area (Å²) in [5.74, 6) is -1.32. The molecule has 2 aliphatic rings. The van der Waals surface area contributed by atoms with Crippen molar-refractivity contribution in [3.8, 4) is 6.07 Å². The van der Waals surface area contributed by atoms with Crippen LogP contribution in [0.15, 0.2) is 0 Å². The van der Waals surface area contributed by atoms with E-state index in [4.69, 9.17) is 14.2 Å². The molecule has 0 N–H and O–H groups in total. The van der Waals surface area contributed by atoms with Crippen molar-refractivity contribution in [2.75, 3.05) is 13.7 Å². The van der Waals surface area contributed by atoms with Crippen molar-refractivity contribution in [1.82, 2.24) is 0 Å². The van der Waals surface area contributed by atoms with Gasteiger partial charge in [-0.2, -0.15) is 5.26 Å². The maximum Gasteiger partial charge on any atom is 0.327 e. The number of nitriles is 1. The third kappa shape index (κ3) is 1.49. The molecule has 3 atom stereocenters. The summed E-state index contributed by atoms with van der Waals surface area (Å²) in [5, 5.41) is 9.41. The maximum absolute atomic E-state index is 11.9. The average Bonchev–Trinajstić information content (AvgIpc) is 2.57. The molecule has 1 saturated carbocycles. The number of carbonyl (C=O) groups excluding carboxylic acids is 1. The van der Waals surface area contributed by atoms with Gasteiger partial charge in [-0.1, -0.05) is 13.8 Å². The van der Waals surface area contributed by atoms with Crippen LogP contribution in [-0.4, -0.2) is 31.6 Å². The van der Waals surface area contributed by atoms with Crippen molar-refractivity contribution in [1.29, 1.82) is 5.26 Å². The van der Waals surface area contributed by atoms with Crippen molar-refractivity contribution in [3.05, 3.63) is 0 Å². The minimum absolute atomic E-state index is 0.191. The molecule has 0 aromatic rings. The highest BCUT2D eigenvalue weighted by molar-refractivity contribution is 5.86. The van der Waals surface area contributed by atoms with E-state index in [1.807, 2.05) is 27.7 Å². The summed E-state index contributed by atoms with van der Waals surface area (Å²) in [6.07, 6.45) is -0.242. The van der Waals surface area contributed by atoms with E-state index in [2.05, 4.69) is 6.07 Å². The van der Waals surface area contributed by atoms with Crippen molar-refractivity contribution in [2.45, 2.75) is 39.6 Å². The van der Waals surface area contributed by atoms with Crippen LogP contribution in [0.4, 0.5) is 0 Å². The number of rotatable bonds is 2. The van der Waals surface area contributed by atoms with E-state index >= 15 is 0 Å². The lowest BCUT2D eigenvalue weighted by Gasteiger charge is -2.17. The molecule has 1 aliphatic heterocycles.